The van der Waals surface area contributed by atoms with Gasteiger partial charge in [0.15, 0.2) is 0 Å². The van der Waals surface area contributed by atoms with Crippen molar-refractivity contribution in [2.75, 3.05) is 44.6 Å². The number of piperidine rings is 2. The van der Waals surface area contributed by atoms with Crippen LogP contribution in [0.25, 0.3) is 0 Å². The number of rotatable bonds is 9. The molecule has 2 aliphatic rings. The molecule has 0 bridgehead atoms. The molecule has 3 rings (SSSR count). The van der Waals surface area contributed by atoms with Crippen molar-refractivity contribution in [3.63, 3.8) is 0 Å². The zero-order chi connectivity index (χ0) is 21.6. The Labute approximate surface area is 186 Å². The van der Waals surface area contributed by atoms with Gasteiger partial charge in [0.25, 0.3) is 0 Å². The second-order valence-corrected chi connectivity index (χ2v) is 10.5. The van der Waals surface area contributed by atoms with Crippen LogP contribution in [0, 0.1) is 0 Å². The average Bonchev–Trinajstić information content (AvgIpc) is 2.78. The molecule has 168 valence electrons. The summed E-state index contributed by atoms with van der Waals surface area (Å²) in [7, 11) is 2.21. The third-order valence-electron chi connectivity index (χ3n) is 7.17. The van der Waals surface area contributed by atoms with Crippen LogP contribution >= 0.6 is 0 Å². The molecule has 0 saturated carbocycles. The van der Waals surface area contributed by atoms with Gasteiger partial charge in [0.1, 0.15) is 20.2 Å². The van der Waals surface area contributed by atoms with Gasteiger partial charge in [0.2, 0.25) is 0 Å². The van der Waals surface area contributed by atoms with Gasteiger partial charge in [0, 0.05) is 17.6 Å². The van der Waals surface area contributed by atoms with E-state index in [4.69, 9.17) is 4.74 Å². The summed E-state index contributed by atoms with van der Waals surface area (Å²) < 4.78 is 6.49. The average molecular weight is 413 g/mol. The summed E-state index contributed by atoms with van der Waals surface area (Å²) in [5.41, 5.74) is 2.68. The summed E-state index contributed by atoms with van der Waals surface area (Å²) in [6.45, 7) is 15.9. The molecule has 4 nitrogen and oxygen atoms in total. The first-order valence-electron chi connectivity index (χ1n) is 12.3. The first kappa shape index (κ1) is 23.5. The third-order valence-corrected chi connectivity index (χ3v) is 7.17. The second kappa shape index (κ2) is 10.4. The van der Waals surface area contributed by atoms with E-state index in [0.717, 1.165) is 30.9 Å². The minimum Gasteiger partial charge on any atom is -0.490 e. The van der Waals surface area contributed by atoms with Gasteiger partial charge in [-0.25, -0.2) is 0 Å². The van der Waals surface area contributed by atoms with Crippen LogP contribution in [-0.4, -0.2) is 68.1 Å². The van der Waals surface area contributed by atoms with Gasteiger partial charge in [-0.05, 0) is 91.7 Å². The number of likely N-dealkylation sites (tertiary alicyclic amines) is 2. The zero-order valence-electron chi connectivity index (χ0n) is 20.2. The lowest BCUT2D eigenvalue weighted by Crippen LogP contribution is -2.51. The maximum atomic E-state index is 6.49. The van der Waals surface area contributed by atoms with Crippen molar-refractivity contribution >= 4 is 13.5 Å². The normalized spacial score (nSPS) is 19.6. The predicted molar refractivity (Wildman–Crippen MR) is 132 cm³/mol. The lowest BCUT2D eigenvalue weighted by molar-refractivity contribution is 0.0516. The Morgan fingerprint density at radius 3 is 2.00 bits per heavy atom. The molecule has 2 aliphatic heterocycles. The number of nitrogens with zero attached hydrogens (tertiary/aromatic N) is 2. The van der Waals surface area contributed by atoms with Crippen molar-refractivity contribution in [2.45, 2.75) is 83.6 Å². The molecule has 0 radical (unpaired) electrons. The fourth-order valence-electron chi connectivity index (χ4n) is 4.82. The number of hydrogen-bond acceptors (Lipinski definition) is 4. The van der Waals surface area contributed by atoms with Crippen LogP contribution < -0.4 is 10.1 Å². The molecule has 1 aromatic rings. The zero-order valence-corrected chi connectivity index (χ0v) is 20.2. The van der Waals surface area contributed by atoms with Gasteiger partial charge in [-0.2, -0.15) is 0 Å². The summed E-state index contributed by atoms with van der Waals surface area (Å²) in [6, 6.07) is 6.69. The highest BCUT2D eigenvalue weighted by atomic mass is 16.5. The first-order valence-corrected chi connectivity index (χ1v) is 12.3. The summed E-state index contributed by atoms with van der Waals surface area (Å²) in [5.74, 6) is 1.01. The first-order chi connectivity index (χ1) is 14.3. The molecule has 2 fully saturated rings. The third kappa shape index (κ3) is 6.17. The minimum atomic E-state index is 0.0625. The van der Waals surface area contributed by atoms with E-state index in [0.29, 0.717) is 0 Å². The van der Waals surface area contributed by atoms with Gasteiger partial charge in [0.05, 0.1) is 5.69 Å². The van der Waals surface area contributed by atoms with Crippen molar-refractivity contribution in [1.29, 1.82) is 0 Å². The smallest absolute Gasteiger partial charge is 0.142 e. The van der Waals surface area contributed by atoms with E-state index in [1.165, 1.54) is 70.3 Å². The molecule has 5 heteroatoms. The predicted octanol–water partition coefficient (Wildman–Crippen LogP) is 4.14. The number of ether oxygens (including phenoxy) is 1. The van der Waals surface area contributed by atoms with Gasteiger partial charge >= 0.3 is 0 Å². The molecular weight excluding hydrogens is 369 g/mol. The Morgan fingerprint density at radius 1 is 0.867 bits per heavy atom. The van der Waals surface area contributed by atoms with Crippen LogP contribution in [0.5, 0.6) is 5.75 Å². The fraction of sp³-hybridized carbons (Fsp3) is 0.760. The Kier molecular flexibility index (Phi) is 8.14. The van der Waals surface area contributed by atoms with E-state index in [-0.39, 0.29) is 11.1 Å². The minimum absolute atomic E-state index is 0.0625. The molecule has 2 saturated heterocycles. The van der Waals surface area contributed by atoms with Crippen molar-refractivity contribution in [3.8, 4) is 5.75 Å². The molecule has 30 heavy (non-hydrogen) atoms. The quantitative estimate of drug-likeness (QED) is 0.616. The SMILES string of the molecule is BCc1ccc(NCC(C)(C)N2CCCCC2)c(OCC(C)(C)N2CCCCC2)c1. The molecule has 2 heterocycles. The van der Waals surface area contributed by atoms with Crippen LogP contribution in [-0.2, 0) is 6.32 Å². The highest BCUT2D eigenvalue weighted by Gasteiger charge is 2.30. The number of nitrogens with one attached hydrogen (secondary N) is 1. The monoisotopic (exact) mass is 413 g/mol. The maximum absolute atomic E-state index is 6.49. The van der Waals surface area contributed by atoms with E-state index in [2.05, 4.69) is 68.9 Å². The van der Waals surface area contributed by atoms with Crippen molar-refractivity contribution in [1.82, 2.24) is 9.80 Å². The Balaban J connectivity index is 1.66. The van der Waals surface area contributed by atoms with Gasteiger partial charge in [-0.1, -0.05) is 30.8 Å². The van der Waals surface area contributed by atoms with Gasteiger partial charge in [-0.3, -0.25) is 9.80 Å². The van der Waals surface area contributed by atoms with Crippen LogP contribution in [0.3, 0.4) is 0 Å². The van der Waals surface area contributed by atoms with E-state index < -0.39 is 0 Å². The maximum Gasteiger partial charge on any atom is 0.142 e. The van der Waals surface area contributed by atoms with Crippen LogP contribution in [0.2, 0.25) is 0 Å². The Hall–Kier alpha value is -1.20. The van der Waals surface area contributed by atoms with E-state index in [1.54, 1.807) is 0 Å². The largest absolute Gasteiger partial charge is 0.490 e. The fourth-order valence-corrected chi connectivity index (χ4v) is 4.82. The van der Waals surface area contributed by atoms with Crippen LogP contribution in [0.15, 0.2) is 18.2 Å². The summed E-state index contributed by atoms with van der Waals surface area (Å²) >= 11 is 0. The second-order valence-electron chi connectivity index (χ2n) is 10.5. The highest BCUT2D eigenvalue weighted by molar-refractivity contribution is 6.08. The molecule has 0 spiro atoms. The van der Waals surface area contributed by atoms with E-state index in [9.17, 15) is 0 Å². The van der Waals surface area contributed by atoms with Crippen LogP contribution in [0.4, 0.5) is 5.69 Å². The molecule has 0 atom stereocenters. The Bertz CT molecular complexity index is 664. The van der Waals surface area contributed by atoms with Crippen molar-refractivity contribution in [3.05, 3.63) is 23.8 Å². The van der Waals surface area contributed by atoms with Gasteiger partial charge in [-0.15, -0.1) is 0 Å². The number of benzene rings is 1. The lowest BCUT2D eigenvalue weighted by atomic mass is 9.96. The summed E-state index contributed by atoms with van der Waals surface area (Å²) in [4.78, 5) is 5.25. The van der Waals surface area contributed by atoms with Crippen molar-refractivity contribution < 1.29 is 4.74 Å². The molecule has 0 unspecified atom stereocenters. The molecule has 0 aliphatic carbocycles. The van der Waals surface area contributed by atoms with Crippen molar-refractivity contribution in [2.24, 2.45) is 0 Å². The molecule has 0 aromatic heterocycles. The standard InChI is InChI=1S/C25H44BN3O/c1-24(2,28-13-7-5-8-14-28)19-27-22-12-11-21(18-26)17-23(22)30-20-25(3,4)29-15-9-6-10-16-29/h11-12,17,27H,5-10,13-16,18-20,26H2,1-4H3. The summed E-state index contributed by atoms with van der Waals surface area (Å²) in [5, 5.41) is 3.74. The number of anilines is 1. The summed E-state index contributed by atoms with van der Waals surface area (Å²) in [6.07, 6.45) is 9.06. The molecule has 0 amide bonds. The molecular formula is C25H44BN3O. The number of hydrogen-bond donors (Lipinski definition) is 1. The van der Waals surface area contributed by atoms with E-state index >= 15 is 0 Å². The lowest BCUT2D eigenvalue weighted by Gasteiger charge is -2.41. The van der Waals surface area contributed by atoms with Crippen LogP contribution in [0.1, 0.15) is 71.8 Å². The van der Waals surface area contributed by atoms with Gasteiger partial charge < -0.3 is 10.1 Å². The molecule has 1 aromatic carbocycles. The topological polar surface area (TPSA) is 27.7 Å². The van der Waals surface area contributed by atoms with E-state index in [1.807, 2.05) is 0 Å². The molecule has 1 N–H and O–H groups in total. The Morgan fingerprint density at radius 2 is 1.43 bits per heavy atom. The highest BCUT2D eigenvalue weighted by Crippen LogP contribution is 2.30.